The Bertz CT molecular complexity index is 951. The van der Waals surface area contributed by atoms with Crippen molar-refractivity contribution in [2.75, 3.05) is 19.3 Å². The molecule has 3 rings (SSSR count). The van der Waals surface area contributed by atoms with Gasteiger partial charge in [-0.15, -0.1) is 0 Å². The molecule has 10 heteroatoms. The fraction of sp³-hybridized carbons (Fsp3) is 0.571. The first-order valence-electron chi connectivity index (χ1n) is 10.1. The van der Waals surface area contributed by atoms with Crippen molar-refractivity contribution in [3.05, 3.63) is 29.9 Å². The molecule has 1 amide bonds. The molecule has 1 aromatic heterocycles. The van der Waals surface area contributed by atoms with E-state index in [0.29, 0.717) is 31.5 Å². The lowest BCUT2D eigenvalue weighted by Gasteiger charge is -2.34. The highest BCUT2D eigenvalue weighted by Crippen LogP contribution is 2.26. The largest absolute Gasteiger partial charge is 0.444 e. The number of hydrogen-bond acceptors (Lipinski definition) is 7. The van der Waals surface area contributed by atoms with Crippen molar-refractivity contribution in [2.24, 2.45) is 0 Å². The van der Waals surface area contributed by atoms with E-state index in [9.17, 15) is 13.4 Å². The number of benzene rings is 1. The van der Waals surface area contributed by atoms with E-state index in [1.807, 2.05) is 20.8 Å². The summed E-state index contributed by atoms with van der Waals surface area (Å²) in [6.07, 6.45) is 1.94. The highest BCUT2D eigenvalue weighted by molar-refractivity contribution is 7.84. The number of halogens is 1. The van der Waals surface area contributed by atoms with Crippen LogP contribution < -0.4 is 0 Å². The Morgan fingerprint density at radius 1 is 1.32 bits per heavy atom. The second-order valence-corrected chi connectivity index (χ2v) is 9.85. The topological polar surface area (TPSA) is 94.8 Å². The summed E-state index contributed by atoms with van der Waals surface area (Å²) < 4.78 is 42.3. The van der Waals surface area contributed by atoms with Gasteiger partial charge in [-0.25, -0.2) is 9.18 Å². The van der Waals surface area contributed by atoms with Crippen LogP contribution in [0, 0.1) is 5.82 Å². The number of piperidine rings is 1. The first-order valence-corrected chi connectivity index (χ1v) is 11.7. The molecule has 0 bridgehead atoms. The van der Waals surface area contributed by atoms with Crippen LogP contribution in [0.25, 0.3) is 11.4 Å². The molecule has 31 heavy (non-hydrogen) atoms. The van der Waals surface area contributed by atoms with Gasteiger partial charge >= 0.3 is 6.09 Å². The third-order valence-electron chi connectivity index (χ3n) is 4.78. The van der Waals surface area contributed by atoms with Crippen molar-refractivity contribution < 1.29 is 27.4 Å². The summed E-state index contributed by atoms with van der Waals surface area (Å²) in [4.78, 5) is 18.3. The fourth-order valence-corrected chi connectivity index (χ4v) is 3.83. The zero-order valence-corrected chi connectivity index (χ0v) is 19.2. The van der Waals surface area contributed by atoms with E-state index in [4.69, 9.17) is 14.0 Å². The number of aromatic nitrogens is 2. The van der Waals surface area contributed by atoms with Gasteiger partial charge in [0, 0.05) is 24.9 Å². The predicted molar refractivity (Wildman–Crippen MR) is 112 cm³/mol. The van der Waals surface area contributed by atoms with Gasteiger partial charge in [0.25, 0.3) is 5.89 Å². The Morgan fingerprint density at radius 2 is 2.00 bits per heavy atom. The molecule has 1 aliphatic heterocycles. The minimum atomic E-state index is -1.41. The van der Waals surface area contributed by atoms with Gasteiger partial charge in [-0.2, -0.15) is 4.98 Å². The summed E-state index contributed by atoms with van der Waals surface area (Å²) in [6, 6.07) is 4.30. The molecular formula is C21H28FN3O5S. The monoisotopic (exact) mass is 453 g/mol. The zero-order valence-electron chi connectivity index (χ0n) is 18.4. The third kappa shape index (κ3) is 6.10. The number of ether oxygens (including phenoxy) is 2. The summed E-state index contributed by atoms with van der Waals surface area (Å²) in [7, 11) is -1.41. The molecule has 1 aliphatic rings. The van der Waals surface area contributed by atoms with Crippen molar-refractivity contribution in [3.63, 3.8) is 0 Å². The number of likely N-dealkylation sites (tertiary alicyclic amines) is 1. The highest BCUT2D eigenvalue weighted by atomic mass is 32.2. The van der Waals surface area contributed by atoms with E-state index in [1.54, 1.807) is 17.9 Å². The molecule has 2 aromatic rings. The second-order valence-electron chi connectivity index (χ2n) is 8.50. The van der Waals surface area contributed by atoms with Crippen LogP contribution in [0.2, 0.25) is 0 Å². The lowest BCUT2D eigenvalue weighted by Crippen LogP contribution is -2.43. The predicted octanol–water partition coefficient (Wildman–Crippen LogP) is 4.09. The van der Waals surface area contributed by atoms with Crippen LogP contribution in [0.3, 0.4) is 0 Å². The highest BCUT2D eigenvalue weighted by Gasteiger charge is 2.29. The van der Waals surface area contributed by atoms with E-state index in [0.717, 1.165) is 0 Å². The van der Waals surface area contributed by atoms with Crippen molar-refractivity contribution in [1.29, 1.82) is 0 Å². The van der Waals surface area contributed by atoms with Gasteiger partial charge in [0.05, 0.1) is 21.8 Å². The Hall–Kier alpha value is -2.33. The molecule has 0 aliphatic carbocycles. The van der Waals surface area contributed by atoms with Gasteiger partial charge in [-0.3, -0.25) is 4.21 Å². The summed E-state index contributed by atoms with van der Waals surface area (Å²) in [5, 5.41) is 3.91. The van der Waals surface area contributed by atoms with Crippen molar-refractivity contribution in [3.8, 4) is 11.4 Å². The van der Waals surface area contributed by atoms with Crippen molar-refractivity contribution >= 4 is 16.9 Å². The van der Waals surface area contributed by atoms with E-state index in [1.165, 1.54) is 18.4 Å². The lowest BCUT2D eigenvalue weighted by atomic mass is 10.1. The van der Waals surface area contributed by atoms with Crippen LogP contribution in [-0.2, 0) is 20.3 Å². The van der Waals surface area contributed by atoms with Crippen molar-refractivity contribution in [2.45, 2.75) is 63.2 Å². The Morgan fingerprint density at radius 3 is 2.58 bits per heavy atom. The number of carbonyl (C=O) groups is 1. The van der Waals surface area contributed by atoms with E-state index >= 15 is 0 Å². The fourth-order valence-electron chi connectivity index (χ4n) is 3.24. The molecule has 1 fully saturated rings. The van der Waals surface area contributed by atoms with Crippen LogP contribution in [-0.4, -0.2) is 56.4 Å². The smallest absolute Gasteiger partial charge is 0.410 e. The second kappa shape index (κ2) is 9.44. The number of rotatable bonds is 5. The van der Waals surface area contributed by atoms with Crippen LogP contribution in [0.5, 0.6) is 0 Å². The minimum absolute atomic E-state index is 0.0553. The Balaban J connectivity index is 1.56. The maximum absolute atomic E-state index is 14.1. The van der Waals surface area contributed by atoms with Gasteiger partial charge in [0.15, 0.2) is 0 Å². The van der Waals surface area contributed by atoms with Gasteiger partial charge < -0.3 is 18.9 Å². The Labute approximate surface area is 183 Å². The first-order chi connectivity index (χ1) is 14.5. The van der Waals surface area contributed by atoms with Crippen LogP contribution in [0.15, 0.2) is 27.6 Å². The molecule has 1 unspecified atom stereocenters. The third-order valence-corrected chi connectivity index (χ3v) is 5.73. The maximum atomic E-state index is 14.1. The average Bonchev–Trinajstić information content (AvgIpc) is 3.17. The van der Waals surface area contributed by atoms with Gasteiger partial charge in [-0.05, 0) is 58.7 Å². The summed E-state index contributed by atoms with van der Waals surface area (Å²) in [6.45, 7) is 8.43. The molecule has 1 saturated heterocycles. The molecule has 0 saturated carbocycles. The minimum Gasteiger partial charge on any atom is -0.444 e. The van der Waals surface area contributed by atoms with Gasteiger partial charge in [0.1, 0.15) is 17.5 Å². The molecule has 0 N–H and O–H groups in total. The van der Waals surface area contributed by atoms with Crippen LogP contribution in [0.1, 0.15) is 52.5 Å². The lowest BCUT2D eigenvalue weighted by molar-refractivity contribution is -0.0509. The molecule has 2 atom stereocenters. The number of nitrogens with zero attached hydrogens (tertiary/aromatic N) is 3. The number of amides is 1. The molecule has 8 nitrogen and oxygen atoms in total. The molecule has 2 heterocycles. The Kier molecular flexibility index (Phi) is 7.10. The summed E-state index contributed by atoms with van der Waals surface area (Å²) >= 11 is 0. The van der Waals surface area contributed by atoms with E-state index in [2.05, 4.69) is 10.1 Å². The summed E-state index contributed by atoms with van der Waals surface area (Å²) in [5.41, 5.74) is -0.0922. The van der Waals surface area contributed by atoms with Gasteiger partial charge in [0.2, 0.25) is 5.82 Å². The molecular weight excluding hydrogens is 425 g/mol. The zero-order chi connectivity index (χ0) is 22.8. The maximum Gasteiger partial charge on any atom is 0.410 e. The number of hydrogen-bond donors (Lipinski definition) is 0. The molecule has 170 valence electrons. The van der Waals surface area contributed by atoms with Crippen molar-refractivity contribution in [1.82, 2.24) is 15.0 Å². The van der Waals surface area contributed by atoms with E-state index in [-0.39, 0.29) is 28.8 Å². The normalized spacial score (nSPS) is 17.4. The average molecular weight is 454 g/mol. The van der Waals surface area contributed by atoms with E-state index < -0.39 is 28.3 Å². The molecule has 0 spiro atoms. The SMILES string of the molecule is C[C@@H](OC1CCN(C(=O)OC(C)(C)C)CC1)c1nc(-c2ccc(S(C)=O)c(F)c2)no1. The number of carbonyl (C=O) groups excluding carboxylic acids is 1. The summed E-state index contributed by atoms with van der Waals surface area (Å²) in [5.74, 6) is -0.0589. The quantitative estimate of drug-likeness (QED) is 0.673. The first kappa shape index (κ1) is 23.3. The standard InChI is InChI=1S/C21H28FN3O5S/c1-13(28-15-8-10-25(11-9-15)20(26)29-21(2,3)4)19-23-18(24-30-19)14-6-7-17(31(5)27)16(22)12-14/h6-7,12-13,15H,8-11H2,1-5H3/t13-,31?/m1/s1. The van der Waals surface area contributed by atoms with Crippen LogP contribution in [0.4, 0.5) is 9.18 Å². The molecule has 0 radical (unpaired) electrons. The van der Waals surface area contributed by atoms with Crippen LogP contribution >= 0.6 is 0 Å². The van der Waals surface area contributed by atoms with Gasteiger partial charge in [-0.1, -0.05) is 5.16 Å². The molecule has 1 aromatic carbocycles.